The molecule has 0 radical (unpaired) electrons. The first-order chi connectivity index (χ1) is 5.59. The largest absolute Gasteiger partial charge is 0.481 e. The number of carboxylic acid groups (broad SMARTS) is 1. The van der Waals surface area contributed by atoms with Crippen LogP contribution in [0.25, 0.3) is 0 Å². The van der Waals surface area contributed by atoms with Crippen LogP contribution in [0.2, 0.25) is 0 Å². The SMILES string of the molecule is Cc1cc([C@@H](N)CC(=O)O)c[nH]1. The standard InChI is InChI=1S/C8H12N2O2/c1-5-2-6(4-10-5)7(9)3-8(11)12/h2,4,7,10H,3,9H2,1H3,(H,11,12)/t7-/m0/s1. The van der Waals surface area contributed by atoms with Crippen molar-refractivity contribution in [1.29, 1.82) is 0 Å². The van der Waals surface area contributed by atoms with Crippen LogP contribution in [-0.2, 0) is 4.79 Å². The van der Waals surface area contributed by atoms with Crippen LogP contribution in [0.5, 0.6) is 0 Å². The minimum atomic E-state index is -0.874. The first-order valence-electron chi connectivity index (χ1n) is 3.72. The molecule has 1 atom stereocenters. The average molecular weight is 168 g/mol. The zero-order valence-corrected chi connectivity index (χ0v) is 6.87. The zero-order valence-electron chi connectivity index (χ0n) is 6.87. The summed E-state index contributed by atoms with van der Waals surface area (Å²) in [5.41, 5.74) is 7.44. The normalized spacial score (nSPS) is 12.8. The van der Waals surface area contributed by atoms with Crippen LogP contribution in [0.15, 0.2) is 12.3 Å². The lowest BCUT2D eigenvalue weighted by Gasteiger charge is -2.04. The highest BCUT2D eigenvalue weighted by Gasteiger charge is 2.10. The van der Waals surface area contributed by atoms with Crippen LogP contribution in [-0.4, -0.2) is 16.1 Å². The van der Waals surface area contributed by atoms with Gasteiger partial charge >= 0.3 is 5.97 Å². The lowest BCUT2D eigenvalue weighted by Crippen LogP contribution is -2.14. The van der Waals surface area contributed by atoms with Crippen LogP contribution in [0.4, 0.5) is 0 Å². The molecular formula is C8H12N2O2. The van der Waals surface area contributed by atoms with Gasteiger partial charge in [0.2, 0.25) is 0 Å². The Kier molecular flexibility index (Phi) is 2.50. The number of rotatable bonds is 3. The highest BCUT2D eigenvalue weighted by Crippen LogP contribution is 2.14. The van der Waals surface area contributed by atoms with Crippen molar-refractivity contribution in [3.63, 3.8) is 0 Å². The fourth-order valence-corrected chi connectivity index (χ4v) is 1.05. The number of nitrogens with two attached hydrogens (primary N) is 1. The molecular weight excluding hydrogens is 156 g/mol. The number of aliphatic carboxylic acids is 1. The van der Waals surface area contributed by atoms with Gasteiger partial charge in [0.05, 0.1) is 6.42 Å². The highest BCUT2D eigenvalue weighted by atomic mass is 16.4. The van der Waals surface area contributed by atoms with Gasteiger partial charge in [-0.25, -0.2) is 0 Å². The summed E-state index contributed by atoms with van der Waals surface area (Å²) in [4.78, 5) is 13.2. The lowest BCUT2D eigenvalue weighted by atomic mass is 10.1. The molecule has 1 aromatic heterocycles. The molecule has 4 N–H and O–H groups in total. The maximum Gasteiger partial charge on any atom is 0.305 e. The predicted octanol–water partition coefficient (Wildman–Crippen LogP) is 0.798. The van der Waals surface area contributed by atoms with Crippen molar-refractivity contribution < 1.29 is 9.90 Å². The van der Waals surface area contributed by atoms with Gasteiger partial charge in [0, 0.05) is 17.9 Å². The molecule has 4 nitrogen and oxygen atoms in total. The highest BCUT2D eigenvalue weighted by molar-refractivity contribution is 5.67. The Morgan fingerprint density at radius 2 is 2.50 bits per heavy atom. The molecule has 1 heterocycles. The Morgan fingerprint density at radius 1 is 1.83 bits per heavy atom. The third-order valence-corrected chi connectivity index (χ3v) is 1.67. The van der Waals surface area contributed by atoms with E-state index in [1.807, 2.05) is 13.0 Å². The van der Waals surface area contributed by atoms with Crippen molar-refractivity contribution in [3.8, 4) is 0 Å². The second-order valence-electron chi connectivity index (χ2n) is 2.82. The Bertz CT molecular complexity index is 280. The third kappa shape index (κ3) is 2.10. The summed E-state index contributed by atoms with van der Waals surface area (Å²) in [6, 6.07) is 1.44. The van der Waals surface area contributed by atoms with Gasteiger partial charge in [-0.1, -0.05) is 0 Å². The van der Waals surface area contributed by atoms with E-state index in [2.05, 4.69) is 4.98 Å². The maximum atomic E-state index is 10.3. The first-order valence-corrected chi connectivity index (χ1v) is 3.72. The molecule has 0 aliphatic carbocycles. The molecule has 1 rings (SSSR count). The number of hydrogen-bond acceptors (Lipinski definition) is 2. The second-order valence-corrected chi connectivity index (χ2v) is 2.82. The Labute approximate surface area is 70.4 Å². The minimum Gasteiger partial charge on any atom is -0.481 e. The number of carboxylic acids is 1. The van der Waals surface area contributed by atoms with Gasteiger partial charge in [-0.15, -0.1) is 0 Å². The Hall–Kier alpha value is -1.29. The second kappa shape index (κ2) is 3.40. The number of hydrogen-bond donors (Lipinski definition) is 3. The summed E-state index contributed by atoms with van der Waals surface area (Å²) in [6.07, 6.45) is 1.71. The molecule has 4 heteroatoms. The van der Waals surface area contributed by atoms with Crippen molar-refractivity contribution in [1.82, 2.24) is 4.98 Å². The summed E-state index contributed by atoms with van der Waals surface area (Å²) >= 11 is 0. The van der Waals surface area contributed by atoms with E-state index in [0.717, 1.165) is 11.3 Å². The molecule has 0 aliphatic heterocycles. The minimum absolute atomic E-state index is 0.0305. The van der Waals surface area contributed by atoms with Gasteiger partial charge in [-0.3, -0.25) is 4.79 Å². The van der Waals surface area contributed by atoms with E-state index in [1.54, 1.807) is 6.20 Å². The van der Waals surface area contributed by atoms with Gasteiger partial charge in [-0.2, -0.15) is 0 Å². The van der Waals surface area contributed by atoms with Crippen molar-refractivity contribution in [2.24, 2.45) is 5.73 Å². The van der Waals surface area contributed by atoms with Crippen molar-refractivity contribution in [2.45, 2.75) is 19.4 Å². The van der Waals surface area contributed by atoms with Crippen molar-refractivity contribution in [2.75, 3.05) is 0 Å². The van der Waals surface area contributed by atoms with E-state index in [0.29, 0.717) is 0 Å². The van der Waals surface area contributed by atoms with E-state index < -0.39 is 12.0 Å². The molecule has 0 amide bonds. The summed E-state index contributed by atoms with van der Waals surface area (Å²) < 4.78 is 0. The number of nitrogens with one attached hydrogen (secondary N) is 1. The van der Waals surface area contributed by atoms with Crippen LogP contribution < -0.4 is 5.73 Å². The van der Waals surface area contributed by atoms with Crippen LogP contribution in [0, 0.1) is 6.92 Å². The van der Waals surface area contributed by atoms with E-state index in [-0.39, 0.29) is 6.42 Å². The molecule has 66 valence electrons. The van der Waals surface area contributed by atoms with E-state index in [4.69, 9.17) is 10.8 Å². The zero-order chi connectivity index (χ0) is 9.14. The van der Waals surface area contributed by atoms with Gasteiger partial charge in [0.25, 0.3) is 0 Å². The molecule has 0 bridgehead atoms. The maximum absolute atomic E-state index is 10.3. The van der Waals surface area contributed by atoms with Crippen molar-refractivity contribution >= 4 is 5.97 Å². The molecule has 0 spiro atoms. The van der Waals surface area contributed by atoms with E-state index >= 15 is 0 Å². The van der Waals surface area contributed by atoms with Crippen molar-refractivity contribution in [3.05, 3.63) is 23.5 Å². The molecule has 0 fully saturated rings. The topological polar surface area (TPSA) is 79.1 Å². The molecule has 0 saturated carbocycles. The molecule has 0 unspecified atom stereocenters. The van der Waals surface area contributed by atoms with Gasteiger partial charge in [0.1, 0.15) is 0 Å². The number of carbonyl (C=O) groups is 1. The van der Waals surface area contributed by atoms with Gasteiger partial charge < -0.3 is 15.8 Å². The molecule has 1 aromatic rings. The third-order valence-electron chi connectivity index (χ3n) is 1.67. The summed E-state index contributed by atoms with van der Waals surface area (Å²) in [7, 11) is 0. The van der Waals surface area contributed by atoms with E-state index in [9.17, 15) is 4.79 Å². The average Bonchev–Trinajstić information content (AvgIpc) is 2.34. The van der Waals surface area contributed by atoms with Gasteiger partial charge in [-0.05, 0) is 18.6 Å². The smallest absolute Gasteiger partial charge is 0.305 e. The fraction of sp³-hybridized carbons (Fsp3) is 0.375. The fourth-order valence-electron chi connectivity index (χ4n) is 1.05. The number of aromatic amines is 1. The first kappa shape index (κ1) is 8.80. The van der Waals surface area contributed by atoms with E-state index in [1.165, 1.54) is 0 Å². The Morgan fingerprint density at radius 3 is 2.92 bits per heavy atom. The lowest BCUT2D eigenvalue weighted by molar-refractivity contribution is -0.137. The molecule has 0 aromatic carbocycles. The summed E-state index contributed by atoms with van der Waals surface area (Å²) in [6.45, 7) is 1.90. The van der Waals surface area contributed by atoms with Crippen LogP contribution in [0.1, 0.15) is 23.7 Å². The summed E-state index contributed by atoms with van der Waals surface area (Å²) in [5.74, 6) is -0.874. The number of H-pyrrole nitrogens is 1. The summed E-state index contributed by atoms with van der Waals surface area (Å²) in [5, 5.41) is 8.46. The molecule has 0 aliphatic rings. The number of aromatic nitrogens is 1. The molecule has 12 heavy (non-hydrogen) atoms. The predicted molar refractivity (Wildman–Crippen MR) is 44.7 cm³/mol. The quantitative estimate of drug-likeness (QED) is 0.624. The van der Waals surface area contributed by atoms with Crippen LogP contribution >= 0.6 is 0 Å². The van der Waals surface area contributed by atoms with Crippen LogP contribution in [0.3, 0.4) is 0 Å². The molecule has 0 saturated heterocycles. The van der Waals surface area contributed by atoms with Gasteiger partial charge in [0.15, 0.2) is 0 Å². The Balaban J connectivity index is 2.64. The number of aryl methyl sites for hydroxylation is 1. The monoisotopic (exact) mass is 168 g/mol.